The fourth-order valence-electron chi connectivity index (χ4n) is 2.84. The lowest BCUT2D eigenvalue weighted by Crippen LogP contribution is -2.27. The summed E-state index contributed by atoms with van der Waals surface area (Å²) in [4.78, 5) is 23.4. The summed E-state index contributed by atoms with van der Waals surface area (Å²) in [5.41, 5.74) is 1.33. The summed E-state index contributed by atoms with van der Waals surface area (Å²) >= 11 is 0. The molecule has 0 heterocycles. The molecular weight excluding hydrogens is 292 g/mol. The number of ether oxygens (including phenoxy) is 1. The van der Waals surface area contributed by atoms with Gasteiger partial charge in [0.25, 0.3) is 0 Å². The average Bonchev–Trinajstić information content (AvgIpc) is 2.53. The summed E-state index contributed by atoms with van der Waals surface area (Å²) in [5, 5.41) is 5.58. The molecule has 1 aromatic rings. The van der Waals surface area contributed by atoms with E-state index in [2.05, 4.69) is 17.6 Å². The van der Waals surface area contributed by atoms with Crippen LogP contribution >= 0.6 is 0 Å². The number of carbonyl (C=O) groups excluding carboxylic acids is 2. The Morgan fingerprint density at radius 2 is 1.87 bits per heavy atom. The first-order valence-corrected chi connectivity index (χ1v) is 8.38. The Morgan fingerprint density at radius 3 is 2.52 bits per heavy atom. The number of hydrogen-bond acceptors (Lipinski definition) is 3. The molecule has 1 saturated carbocycles. The second-order valence-corrected chi connectivity index (χ2v) is 6.24. The molecule has 1 aromatic carbocycles. The van der Waals surface area contributed by atoms with Crippen molar-refractivity contribution in [1.29, 1.82) is 0 Å². The lowest BCUT2D eigenvalue weighted by molar-refractivity contribution is -0.123. The second-order valence-electron chi connectivity index (χ2n) is 6.24. The number of nitrogens with one attached hydrogen (secondary N) is 2. The van der Waals surface area contributed by atoms with Gasteiger partial charge in [-0.15, -0.1) is 0 Å². The van der Waals surface area contributed by atoms with Crippen molar-refractivity contribution < 1.29 is 14.3 Å². The van der Waals surface area contributed by atoms with Crippen molar-refractivity contribution in [1.82, 2.24) is 0 Å². The molecule has 23 heavy (non-hydrogen) atoms. The van der Waals surface area contributed by atoms with Gasteiger partial charge in [0.15, 0.2) is 0 Å². The maximum absolute atomic E-state index is 12.0. The van der Waals surface area contributed by atoms with Crippen LogP contribution in [0.2, 0.25) is 0 Å². The van der Waals surface area contributed by atoms with Gasteiger partial charge in [-0.05, 0) is 37.0 Å². The van der Waals surface area contributed by atoms with E-state index in [1.807, 2.05) is 0 Å². The fraction of sp³-hybridized carbons (Fsp3) is 0.556. The molecule has 1 aliphatic carbocycles. The van der Waals surface area contributed by atoms with E-state index >= 15 is 0 Å². The predicted molar refractivity (Wildman–Crippen MR) is 91.4 cm³/mol. The Balaban J connectivity index is 1.80. The maximum atomic E-state index is 12.0. The maximum Gasteiger partial charge on any atom is 0.250 e. The first-order valence-electron chi connectivity index (χ1n) is 8.38. The van der Waals surface area contributed by atoms with Crippen LogP contribution in [-0.4, -0.2) is 24.5 Å². The largest absolute Gasteiger partial charge is 0.368 e. The van der Waals surface area contributed by atoms with E-state index in [9.17, 15) is 9.59 Å². The standard InChI is InChI=1S/C18H26N2O3/c1-3-17(21)19-14-7-5-8-15(11-14)20-18(22)12-23-16-9-4-6-13(2)10-16/h5,7-8,11,13,16H,3-4,6,9-10,12H2,1-2H3,(H,19,21)(H,20,22). The van der Waals surface area contributed by atoms with Crippen molar-refractivity contribution in [3.05, 3.63) is 24.3 Å². The van der Waals surface area contributed by atoms with Gasteiger partial charge in [0, 0.05) is 17.8 Å². The number of rotatable bonds is 6. The third kappa shape index (κ3) is 6.02. The molecule has 126 valence electrons. The number of hydrogen-bond donors (Lipinski definition) is 2. The Bertz CT molecular complexity index is 545. The first-order chi connectivity index (χ1) is 11.1. The van der Waals surface area contributed by atoms with E-state index in [0.29, 0.717) is 23.7 Å². The van der Waals surface area contributed by atoms with Crippen LogP contribution in [-0.2, 0) is 14.3 Å². The van der Waals surface area contributed by atoms with Crippen LogP contribution < -0.4 is 10.6 Å². The van der Waals surface area contributed by atoms with Crippen LogP contribution in [0.3, 0.4) is 0 Å². The lowest BCUT2D eigenvalue weighted by atomic mass is 9.89. The molecule has 1 aliphatic rings. The zero-order valence-corrected chi connectivity index (χ0v) is 13.9. The van der Waals surface area contributed by atoms with Gasteiger partial charge < -0.3 is 15.4 Å². The normalized spacial score (nSPS) is 20.8. The molecule has 0 saturated heterocycles. The number of amides is 2. The van der Waals surface area contributed by atoms with Crippen molar-refractivity contribution in [3.63, 3.8) is 0 Å². The molecule has 1 fully saturated rings. The van der Waals surface area contributed by atoms with Gasteiger partial charge in [-0.2, -0.15) is 0 Å². The minimum atomic E-state index is -0.165. The van der Waals surface area contributed by atoms with E-state index in [-0.39, 0.29) is 24.5 Å². The molecule has 0 aliphatic heterocycles. The monoisotopic (exact) mass is 318 g/mol. The lowest BCUT2D eigenvalue weighted by Gasteiger charge is -2.26. The Labute approximate surface area is 137 Å². The van der Waals surface area contributed by atoms with E-state index in [1.54, 1.807) is 31.2 Å². The first kappa shape index (κ1) is 17.5. The molecule has 5 nitrogen and oxygen atoms in total. The molecule has 0 spiro atoms. The van der Waals surface area contributed by atoms with Gasteiger partial charge in [0.05, 0.1) is 6.10 Å². The molecule has 0 aromatic heterocycles. The van der Waals surface area contributed by atoms with Crippen molar-refractivity contribution in [2.75, 3.05) is 17.2 Å². The van der Waals surface area contributed by atoms with Crippen LogP contribution in [0.4, 0.5) is 11.4 Å². The smallest absolute Gasteiger partial charge is 0.250 e. The summed E-state index contributed by atoms with van der Waals surface area (Å²) in [6, 6.07) is 7.13. The molecular formula is C18H26N2O3. The van der Waals surface area contributed by atoms with Crippen LogP contribution in [0.1, 0.15) is 46.0 Å². The number of carbonyl (C=O) groups is 2. The predicted octanol–water partition coefficient (Wildman–Crippen LogP) is 3.57. The molecule has 2 rings (SSSR count). The Hall–Kier alpha value is -1.88. The van der Waals surface area contributed by atoms with Crippen molar-refractivity contribution >= 4 is 23.2 Å². The van der Waals surface area contributed by atoms with Gasteiger partial charge in [-0.1, -0.05) is 32.8 Å². The molecule has 2 N–H and O–H groups in total. The topological polar surface area (TPSA) is 67.4 Å². The van der Waals surface area contributed by atoms with Crippen molar-refractivity contribution in [2.24, 2.45) is 5.92 Å². The highest BCUT2D eigenvalue weighted by molar-refractivity contribution is 5.94. The number of anilines is 2. The van der Waals surface area contributed by atoms with E-state index in [4.69, 9.17) is 4.74 Å². The van der Waals surface area contributed by atoms with Gasteiger partial charge in [-0.3, -0.25) is 9.59 Å². The second kappa shape index (κ2) is 8.67. The Kier molecular flexibility index (Phi) is 6.59. The van der Waals surface area contributed by atoms with Crippen LogP contribution in [0.5, 0.6) is 0 Å². The zero-order chi connectivity index (χ0) is 16.7. The highest BCUT2D eigenvalue weighted by atomic mass is 16.5. The van der Waals surface area contributed by atoms with Gasteiger partial charge in [0.2, 0.25) is 11.8 Å². The highest BCUT2D eigenvalue weighted by Gasteiger charge is 2.20. The molecule has 2 amide bonds. The summed E-state index contributed by atoms with van der Waals surface area (Å²) in [7, 11) is 0. The zero-order valence-electron chi connectivity index (χ0n) is 13.9. The minimum absolute atomic E-state index is 0.0526. The number of benzene rings is 1. The van der Waals surface area contributed by atoms with Crippen molar-refractivity contribution in [2.45, 2.75) is 52.1 Å². The van der Waals surface area contributed by atoms with Gasteiger partial charge in [-0.25, -0.2) is 0 Å². The third-order valence-electron chi connectivity index (χ3n) is 4.09. The molecule has 2 unspecified atom stereocenters. The van der Waals surface area contributed by atoms with E-state index in [0.717, 1.165) is 12.8 Å². The molecule has 2 atom stereocenters. The average molecular weight is 318 g/mol. The van der Waals surface area contributed by atoms with Crippen LogP contribution in [0, 0.1) is 5.92 Å². The highest BCUT2D eigenvalue weighted by Crippen LogP contribution is 2.25. The summed E-state index contributed by atoms with van der Waals surface area (Å²) in [6.45, 7) is 4.10. The third-order valence-corrected chi connectivity index (χ3v) is 4.09. The minimum Gasteiger partial charge on any atom is -0.368 e. The Morgan fingerprint density at radius 1 is 1.17 bits per heavy atom. The molecule has 5 heteroatoms. The van der Waals surface area contributed by atoms with E-state index < -0.39 is 0 Å². The SMILES string of the molecule is CCC(=O)Nc1cccc(NC(=O)COC2CCCC(C)C2)c1. The van der Waals surface area contributed by atoms with Crippen LogP contribution in [0.25, 0.3) is 0 Å². The summed E-state index contributed by atoms with van der Waals surface area (Å²) in [5.74, 6) is 0.459. The quantitative estimate of drug-likeness (QED) is 0.842. The summed E-state index contributed by atoms with van der Waals surface area (Å²) < 4.78 is 5.72. The van der Waals surface area contributed by atoms with E-state index in [1.165, 1.54) is 12.8 Å². The van der Waals surface area contributed by atoms with Crippen molar-refractivity contribution in [3.8, 4) is 0 Å². The molecule has 0 radical (unpaired) electrons. The van der Waals surface area contributed by atoms with Gasteiger partial charge in [0.1, 0.15) is 6.61 Å². The fourth-order valence-corrected chi connectivity index (χ4v) is 2.84. The summed E-state index contributed by atoms with van der Waals surface area (Å²) in [6.07, 6.45) is 5.11. The molecule has 0 bridgehead atoms. The van der Waals surface area contributed by atoms with Gasteiger partial charge >= 0.3 is 0 Å². The van der Waals surface area contributed by atoms with Crippen LogP contribution in [0.15, 0.2) is 24.3 Å².